The van der Waals surface area contributed by atoms with Crippen LogP contribution in [0.4, 0.5) is 5.69 Å². The Morgan fingerprint density at radius 2 is 1.86 bits per heavy atom. The van der Waals surface area contributed by atoms with Crippen LogP contribution in [-0.2, 0) is 26.0 Å². The second kappa shape index (κ2) is 9.42. The molecule has 1 aliphatic rings. The van der Waals surface area contributed by atoms with Gasteiger partial charge < -0.3 is 10.0 Å². The fourth-order valence-corrected chi connectivity index (χ4v) is 3.91. The number of carboxylic acids is 1. The molecule has 1 atom stereocenters. The lowest BCUT2D eigenvalue weighted by Gasteiger charge is -2.37. The van der Waals surface area contributed by atoms with Crippen LogP contribution < -0.4 is 4.90 Å². The maximum absolute atomic E-state index is 13.1. The van der Waals surface area contributed by atoms with Crippen LogP contribution in [0.1, 0.15) is 5.69 Å². The highest BCUT2D eigenvalue weighted by Crippen LogP contribution is 2.30. The van der Waals surface area contributed by atoms with Gasteiger partial charge in [-0.2, -0.15) is 5.10 Å². The number of anilines is 1. The van der Waals surface area contributed by atoms with Gasteiger partial charge >= 0.3 is 5.97 Å². The number of carbonyl (C=O) groups excluding carboxylic acids is 2. The number of aromatic nitrogens is 5. The van der Waals surface area contributed by atoms with Crippen molar-refractivity contribution in [2.75, 3.05) is 18.0 Å². The Hall–Kier alpha value is -3.25. The lowest BCUT2D eigenvalue weighted by Crippen LogP contribution is -2.59. The van der Waals surface area contributed by atoms with E-state index < -0.39 is 42.2 Å². The van der Waals surface area contributed by atoms with Crippen LogP contribution in [0.5, 0.6) is 0 Å². The van der Waals surface area contributed by atoms with E-state index in [2.05, 4.69) is 15.4 Å². The first kappa shape index (κ1) is 24.9. The maximum Gasteiger partial charge on any atom is 0.326 e. The number of aliphatic carboxylic acids is 1. The molecule has 1 aliphatic heterocycles. The highest BCUT2D eigenvalue weighted by Gasteiger charge is 2.39. The van der Waals surface area contributed by atoms with Gasteiger partial charge in [-0.1, -0.05) is 28.4 Å². The quantitative estimate of drug-likeness (QED) is 0.436. The van der Waals surface area contributed by atoms with Crippen LogP contribution in [0.2, 0.25) is 10.2 Å². The number of benzene rings is 1. The molecule has 3 heterocycles. The molecule has 1 saturated heterocycles. The third kappa shape index (κ3) is 5.23. The summed E-state index contributed by atoms with van der Waals surface area (Å²) >= 11 is 12.0. The molecule has 0 spiro atoms. The second-order valence-corrected chi connectivity index (χ2v) is 8.64. The van der Waals surface area contributed by atoms with E-state index in [-0.39, 0.29) is 23.0 Å². The number of carbonyl (C=O) groups is 3. The summed E-state index contributed by atoms with van der Waals surface area (Å²) in [5.41, 5.74) is 0.955. The maximum atomic E-state index is 13.1. The zero-order valence-corrected chi connectivity index (χ0v) is 19.5. The van der Waals surface area contributed by atoms with Gasteiger partial charge in [0.05, 0.1) is 46.8 Å². The Labute approximate surface area is 213 Å². The topological polar surface area (TPSA) is 126 Å². The van der Waals surface area contributed by atoms with Gasteiger partial charge in [0.1, 0.15) is 19.1 Å². The van der Waals surface area contributed by atoms with Gasteiger partial charge in [-0.15, -0.1) is 5.10 Å². The second-order valence-electron chi connectivity index (χ2n) is 7.82. The van der Waals surface area contributed by atoms with E-state index in [0.717, 1.165) is 9.58 Å². The zero-order chi connectivity index (χ0) is 25.5. The molecule has 35 heavy (non-hydrogen) atoms. The standard InChI is InChI=1S/C19H14B3Cl2N7O4/c20-19(21,22)31-4-3-11(26-31)6-14(18(34)35)29-9-16(32)28(8-17(29)33)13-5-10(23)1-2-12(13)30-7-15(24)25-27-30/h1-5,7,14H,6,8-9H2,(H,34,35). The molecule has 2 amide bonds. The van der Waals surface area contributed by atoms with E-state index in [0.29, 0.717) is 10.7 Å². The summed E-state index contributed by atoms with van der Waals surface area (Å²) in [4.78, 5) is 40.4. The number of hydrogen-bond donors (Lipinski definition) is 1. The third-order valence-electron chi connectivity index (χ3n) is 5.27. The Bertz CT molecular complexity index is 1310. The first-order chi connectivity index (χ1) is 16.4. The number of hydrogen-bond acceptors (Lipinski definition) is 6. The van der Waals surface area contributed by atoms with Crippen LogP contribution in [-0.4, -0.2) is 95.2 Å². The van der Waals surface area contributed by atoms with Crippen molar-refractivity contribution in [2.24, 2.45) is 0 Å². The van der Waals surface area contributed by atoms with Crippen molar-refractivity contribution in [2.45, 2.75) is 17.7 Å². The van der Waals surface area contributed by atoms with E-state index in [1.807, 2.05) is 0 Å². The van der Waals surface area contributed by atoms with Gasteiger partial charge in [-0.3, -0.25) is 19.2 Å². The minimum absolute atomic E-state index is 0.126. The fraction of sp³-hybridized carbons (Fsp3) is 0.263. The molecule has 1 unspecified atom stereocenters. The smallest absolute Gasteiger partial charge is 0.326 e. The monoisotopic (exact) mass is 507 g/mol. The predicted molar refractivity (Wildman–Crippen MR) is 128 cm³/mol. The molecule has 172 valence electrons. The number of rotatable bonds is 7. The molecule has 11 nitrogen and oxygen atoms in total. The van der Waals surface area contributed by atoms with E-state index >= 15 is 0 Å². The summed E-state index contributed by atoms with van der Waals surface area (Å²) in [7, 11) is 16.7. The molecule has 6 radical (unpaired) electrons. The molecule has 2 aromatic heterocycles. The Kier molecular flexibility index (Phi) is 6.69. The average Bonchev–Trinajstić information content (AvgIpc) is 3.42. The number of halogens is 2. The predicted octanol–water partition coefficient (Wildman–Crippen LogP) is -0.285. The van der Waals surface area contributed by atoms with Crippen molar-refractivity contribution < 1.29 is 19.5 Å². The SMILES string of the molecule is [B]C([B])([B])n1ccc(CC(C(=O)O)N2CC(=O)N(c3cc(Cl)ccc3-n3cc(Cl)nn3)CC2=O)n1. The van der Waals surface area contributed by atoms with E-state index in [9.17, 15) is 19.5 Å². The van der Waals surface area contributed by atoms with Gasteiger partial charge in [-0.05, 0) is 29.5 Å². The van der Waals surface area contributed by atoms with Crippen LogP contribution in [0.25, 0.3) is 5.69 Å². The van der Waals surface area contributed by atoms with Crippen LogP contribution in [0, 0.1) is 0 Å². The van der Waals surface area contributed by atoms with Crippen molar-refractivity contribution in [1.82, 2.24) is 29.7 Å². The number of piperazine rings is 1. The molecule has 4 rings (SSSR count). The first-order valence-corrected chi connectivity index (χ1v) is 10.8. The third-order valence-corrected chi connectivity index (χ3v) is 5.67. The minimum Gasteiger partial charge on any atom is -0.480 e. The highest BCUT2D eigenvalue weighted by atomic mass is 35.5. The van der Waals surface area contributed by atoms with Crippen molar-refractivity contribution in [1.29, 1.82) is 0 Å². The lowest BCUT2D eigenvalue weighted by molar-refractivity contribution is -0.152. The van der Waals surface area contributed by atoms with Crippen molar-refractivity contribution in [3.8, 4) is 5.69 Å². The lowest BCUT2D eigenvalue weighted by atomic mass is 9.49. The number of amides is 2. The van der Waals surface area contributed by atoms with Gasteiger partial charge in [0, 0.05) is 17.6 Å². The zero-order valence-electron chi connectivity index (χ0n) is 18.0. The van der Waals surface area contributed by atoms with E-state index in [1.54, 1.807) is 12.1 Å². The average molecular weight is 508 g/mol. The summed E-state index contributed by atoms with van der Waals surface area (Å²) in [5, 5.41) is 20.1. The molecule has 16 heteroatoms. The summed E-state index contributed by atoms with van der Waals surface area (Å²) < 4.78 is 2.39. The minimum atomic E-state index is -1.78. The summed E-state index contributed by atoms with van der Waals surface area (Å²) in [6.07, 6.45) is 2.61. The summed E-state index contributed by atoms with van der Waals surface area (Å²) in [6, 6.07) is 4.77. The molecule has 1 N–H and O–H groups in total. The Morgan fingerprint density at radius 3 is 2.46 bits per heavy atom. The van der Waals surface area contributed by atoms with Crippen molar-refractivity contribution >= 4 is 70.2 Å². The van der Waals surface area contributed by atoms with E-state index in [4.69, 9.17) is 46.7 Å². The van der Waals surface area contributed by atoms with Gasteiger partial charge in [0.25, 0.3) is 0 Å². The van der Waals surface area contributed by atoms with Crippen molar-refractivity contribution in [3.05, 3.63) is 52.5 Å². The van der Waals surface area contributed by atoms with Crippen LogP contribution in [0.3, 0.4) is 0 Å². The summed E-state index contributed by atoms with van der Waals surface area (Å²) in [5.74, 6) is -2.43. The molecule has 0 bridgehead atoms. The van der Waals surface area contributed by atoms with Crippen LogP contribution in [0.15, 0.2) is 36.7 Å². The number of carboxylic acid groups (broad SMARTS) is 1. The molecule has 1 aromatic carbocycles. The highest BCUT2D eigenvalue weighted by molar-refractivity contribution is 6.56. The largest absolute Gasteiger partial charge is 0.480 e. The number of nitrogens with zero attached hydrogens (tertiary/aromatic N) is 7. The normalized spacial score (nSPS) is 15.5. The molecular formula is C19H14B3Cl2N7O4. The first-order valence-electron chi connectivity index (χ1n) is 10.1. The van der Waals surface area contributed by atoms with Gasteiger partial charge in [0.15, 0.2) is 5.15 Å². The molecule has 0 aliphatic carbocycles. The Balaban J connectivity index is 1.59. The molecular weight excluding hydrogens is 494 g/mol. The fourth-order valence-electron chi connectivity index (χ4n) is 3.62. The Morgan fingerprint density at radius 1 is 1.11 bits per heavy atom. The molecule has 0 saturated carbocycles. The van der Waals surface area contributed by atoms with Gasteiger partial charge in [-0.25, -0.2) is 9.48 Å². The molecule has 1 fully saturated rings. The van der Waals surface area contributed by atoms with E-state index in [1.165, 1.54) is 34.1 Å². The summed E-state index contributed by atoms with van der Waals surface area (Å²) in [6.45, 7) is -0.917. The van der Waals surface area contributed by atoms with Crippen molar-refractivity contribution in [3.63, 3.8) is 0 Å². The molecule has 3 aromatic rings. The van der Waals surface area contributed by atoms with Gasteiger partial charge in [0.2, 0.25) is 11.8 Å². The van der Waals surface area contributed by atoms with Crippen LogP contribution >= 0.6 is 23.2 Å².